The molecule has 3 rings (SSSR count). The van der Waals surface area contributed by atoms with Crippen molar-refractivity contribution in [1.82, 2.24) is 4.57 Å². The largest absolute Gasteiger partial charge is 0.478 e. The standard InChI is InChI=1S/C16H12FNO2S/c1-10-11(16(19)20)9-14(15-7-4-8-21-15)18(10)13-6-3-2-5-12(13)17/h2-9H,1H3,(H,19,20). The number of nitrogens with zero attached hydrogens (tertiary/aromatic N) is 1. The summed E-state index contributed by atoms with van der Waals surface area (Å²) in [5.74, 6) is -1.40. The normalized spacial score (nSPS) is 10.8. The topological polar surface area (TPSA) is 42.2 Å². The van der Waals surface area contributed by atoms with Gasteiger partial charge in [0.1, 0.15) is 5.82 Å². The number of halogens is 1. The predicted octanol–water partition coefficient (Wildman–Crippen LogP) is 4.35. The van der Waals surface area contributed by atoms with E-state index in [1.54, 1.807) is 35.8 Å². The average molecular weight is 301 g/mol. The first kappa shape index (κ1) is 13.6. The molecule has 0 saturated heterocycles. The van der Waals surface area contributed by atoms with Gasteiger partial charge < -0.3 is 9.67 Å². The first-order valence-corrected chi connectivity index (χ1v) is 7.22. The lowest BCUT2D eigenvalue weighted by atomic mass is 10.2. The summed E-state index contributed by atoms with van der Waals surface area (Å²) in [5, 5.41) is 11.2. The van der Waals surface area contributed by atoms with Crippen molar-refractivity contribution in [1.29, 1.82) is 0 Å². The van der Waals surface area contributed by atoms with Gasteiger partial charge >= 0.3 is 5.97 Å². The Kier molecular flexibility index (Phi) is 3.35. The monoisotopic (exact) mass is 301 g/mol. The molecule has 0 bridgehead atoms. The fourth-order valence-corrected chi connectivity index (χ4v) is 3.10. The lowest BCUT2D eigenvalue weighted by molar-refractivity contribution is 0.0696. The Morgan fingerprint density at radius 3 is 2.62 bits per heavy atom. The van der Waals surface area contributed by atoms with Gasteiger partial charge in [-0.1, -0.05) is 18.2 Å². The van der Waals surface area contributed by atoms with Crippen molar-refractivity contribution in [2.45, 2.75) is 6.92 Å². The number of benzene rings is 1. The zero-order chi connectivity index (χ0) is 15.0. The summed E-state index contributed by atoms with van der Waals surface area (Å²) in [6, 6.07) is 11.7. The van der Waals surface area contributed by atoms with Crippen LogP contribution in [0.3, 0.4) is 0 Å². The molecule has 0 atom stereocenters. The number of carboxylic acid groups (broad SMARTS) is 1. The highest BCUT2D eigenvalue weighted by molar-refractivity contribution is 7.13. The molecule has 3 aromatic rings. The van der Waals surface area contributed by atoms with Gasteiger partial charge in [0.15, 0.2) is 0 Å². The molecule has 0 radical (unpaired) electrons. The molecule has 0 aliphatic carbocycles. The Morgan fingerprint density at radius 2 is 2.00 bits per heavy atom. The second-order valence-corrected chi connectivity index (χ2v) is 5.55. The minimum atomic E-state index is -1.01. The molecule has 0 aliphatic rings. The SMILES string of the molecule is Cc1c(C(=O)O)cc(-c2cccs2)n1-c1ccccc1F. The number of aromatic nitrogens is 1. The van der Waals surface area contributed by atoms with Gasteiger partial charge in [-0.3, -0.25) is 0 Å². The molecule has 0 unspecified atom stereocenters. The maximum Gasteiger partial charge on any atom is 0.337 e. The molecular formula is C16H12FNO2S. The van der Waals surface area contributed by atoms with E-state index >= 15 is 0 Å². The van der Waals surface area contributed by atoms with E-state index < -0.39 is 5.97 Å². The van der Waals surface area contributed by atoms with Gasteiger partial charge in [0.05, 0.1) is 21.8 Å². The Bertz CT molecular complexity index is 806. The smallest absolute Gasteiger partial charge is 0.337 e. The number of carboxylic acids is 1. The Balaban J connectivity index is 2.33. The van der Waals surface area contributed by atoms with E-state index in [1.807, 2.05) is 17.5 Å². The maximum absolute atomic E-state index is 14.1. The maximum atomic E-state index is 14.1. The average Bonchev–Trinajstić information content (AvgIpc) is 3.07. The lowest BCUT2D eigenvalue weighted by Gasteiger charge is -2.11. The molecule has 0 amide bonds. The van der Waals surface area contributed by atoms with E-state index in [9.17, 15) is 14.3 Å². The summed E-state index contributed by atoms with van der Waals surface area (Å²) < 4.78 is 15.8. The first-order chi connectivity index (χ1) is 10.1. The highest BCUT2D eigenvalue weighted by Gasteiger charge is 2.20. The molecule has 21 heavy (non-hydrogen) atoms. The van der Waals surface area contributed by atoms with Crippen LogP contribution in [0, 0.1) is 12.7 Å². The quantitative estimate of drug-likeness (QED) is 0.781. The number of hydrogen-bond donors (Lipinski definition) is 1. The van der Waals surface area contributed by atoms with Gasteiger partial charge in [-0.05, 0) is 36.6 Å². The van der Waals surface area contributed by atoms with Gasteiger partial charge in [0.25, 0.3) is 0 Å². The molecule has 106 valence electrons. The minimum Gasteiger partial charge on any atom is -0.478 e. The third-order valence-electron chi connectivity index (χ3n) is 3.34. The Morgan fingerprint density at radius 1 is 1.24 bits per heavy atom. The summed E-state index contributed by atoms with van der Waals surface area (Å²) in [6.45, 7) is 1.69. The fourth-order valence-electron chi connectivity index (χ4n) is 2.37. The zero-order valence-electron chi connectivity index (χ0n) is 11.2. The van der Waals surface area contributed by atoms with Gasteiger partial charge in [-0.25, -0.2) is 9.18 Å². The number of thiophene rings is 1. The van der Waals surface area contributed by atoms with Crippen LogP contribution < -0.4 is 0 Å². The predicted molar refractivity (Wildman–Crippen MR) is 80.7 cm³/mol. The van der Waals surface area contributed by atoms with Crippen molar-refractivity contribution >= 4 is 17.3 Å². The molecule has 2 heterocycles. The van der Waals surface area contributed by atoms with Crippen LogP contribution in [-0.4, -0.2) is 15.6 Å². The van der Waals surface area contributed by atoms with Crippen LogP contribution >= 0.6 is 11.3 Å². The zero-order valence-corrected chi connectivity index (χ0v) is 12.0. The molecule has 0 fully saturated rings. The first-order valence-electron chi connectivity index (χ1n) is 6.34. The van der Waals surface area contributed by atoms with Crippen molar-refractivity contribution in [3.05, 3.63) is 64.9 Å². The fraction of sp³-hybridized carbons (Fsp3) is 0.0625. The second-order valence-electron chi connectivity index (χ2n) is 4.60. The van der Waals surface area contributed by atoms with E-state index in [-0.39, 0.29) is 11.4 Å². The molecule has 0 spiro atoms. The van der Waals surface area contributed by atoms with E-state index in [2.05, 4.69) is 0 Å². The summed E-state index contributed by atoms with van der Waals surface area (Å²) in [7, 11) is 0. The van der Waals surface area contributed by atoms with Crippen molar-refractivity contribution in [2.24, 2.45) is 0 Å². The summed E-state index contributed by atoms with van der Waals surface area (Å²) in [4.78, 5) is 12.3. The highest BCUT2D eigenvalue weighted by atomic mass is 32.1. The summed E-state index contributed by atoms with van der Waals surface area (Å²) in [6.07, 6.45) is 0. The van der Waals surface area contributed by atoms with Crippen molar-refractivity contribution < 1.29 is 14.3 Å². The number of rotatable bonds is 3. The van der Waals surface area contributed by atoms with Crippen LogP contribution in [0.5, 0.6) is 0 Å². The van der Waals surface area contributed by atoms with Gasteiger partial charge in [-0.2, -0.15) is 0 Å². The molecule has 2 aromatic heterocycles. The van der Waals surface area contributed by atoms with E-state index in [4.69, 9.17) is 0 Å². The summed E-state index contributed by atoms with van der Waals surface area (Å²) >= 11 is 1.49. The third kappa shape index (κ3) is 2.25. The van der Waals surface area contributed by atoms with Crippen LogP contribution in [-0.2, 0) is 0 Å². The Labute approximate surface area is 124 Å². The lowest BCUT2D eigenvalue weighted by Crippen LogP contribution is -2.04. The van der Waals surface area contributed by atoms with E-state index in [0.717, 1.165) is 4.88 Å². The van der Waals surface area contributed by atoms with E-state index in [1.165, 1.54) is 17.4 Å². The minimum absolute atomic E-state index is 0.182. The van der Waals surface area contributed by atoms with E-state index in [0.29, 0.717) is 17.1 Å². The van der Waals surface area contributed by atoms with Crippen molar-refractivity contribution in [3.8, 4) is 16.3 Å². The van der Waals surface area contributed by atoms with Crippen molar-refractivity contribution in [3.63, 3.8) is 0 Å². The second kappa shape index (κ2) is 5.18. The van der Waals surface area contributed by atoms with Crippen molar-refractivity contribution in [2.75, 3.05) is 0 Å². The van der Waals surface area contributed by atoms with Crippen LogP contribution in [0.4, 0.5) is 4.39 Å². The number of hydrogen-bond acceptors (Lipinski definition) is 2. The molecular weight excluding hydrogens is 289 g/mol. The Hall–Kier alpha value is -2.40. The number of aromatic carboxylic acids is 1. The van der Waals surface area contributed by atoms with Crippen LogP contribution in [0.25, 0.3) is 16.3 Å². The van der Waals surface area contributed by atoms with Crippen LogP contribution in [0.2, 0.25) is 0 Å². The molecule has 5 heteroatoms. The third-order valence-corrected chi connectivity index (χ3v) is 4.24. The van der Waals surface area contributed by atoms with Gasteiger partial charge in [0.2, 0.25) is 0 Å². The molecule has 0 aliphatic heterocycles. The molecule has 1 N–H and O–H groups in total. The summed E-state index contributed by atoms with van der Waals surface area (Å²) in [5.41, 5.74) is 1.73. The van der Waals surface area contributed by atoms with Gasteiger partial charge in [0, 0.05) is 5.69 Å². The molecule has 3 nitrogen and oxygen atoms in total. The number of carbonyl (C=O) groups is 1. The molecule has 1 aromatic carbocycles. The van der Waals surface area contributed by atoms with Gasteiger partial charge in [-0.15, -0.1) is 11.3 Å². The van der Waals surface area contributed by atoms with Crippen LogP contribution in [0.1, 0.15) is 16.1 Å². The number of para-hydroxylation sites is 1. The highest BCUT2D eigenvalue weighted by Crippen LogP contribution is 2.33. The molecule has 0 saturated carbocycles. The van der Waals surface area contributed by atoms with Crippen LogP contribution in [0.15, 0.2) is 47.8 Å².